The van der Waals surface area contributed by atoms with Gasteiger partial charge in [-0.3, -0.25) is 9.48 Å². The highest BCUT2D eigenvalue weighted by Crippen LogP contribution is 2.15. The molecule has 1 aromatic heterocycles. The fraction of sp³-hybridized carbons (Fsp3) is 0.615. The molecule has 1 unspecified atom stereocenters. The molecule has 0 saturated carbocycles. The maximum Gasteiger partial charge on any atom is 0.257 e. The maximum atomic E-state index is 12.6. The van der Waals surface area contributed by atoms with Gasteiger partial charge in [-0.1, -0.05) is 19.1 Å². The van der Waals surface area contributed by atoms with E-state index in [1.807, 2.05) is 34.7 Å². The molecule has 0 aliphatic carbocycles. The zero-order chi connectivity index (χ0) is 14.7. The highest BCUT2D eigenvalue weighted by molar-refractivity contribution is 7.80. The van der Waals surface area contributed by atoms with Crippen LogP contribution in [-0.2, 0) is 7.05 Å². The van der Waals surface area contributed by atoms with Crippen molar-refractivity contribution in [3.63, 3.8) is 0 Å². The third-order valence-electron chi connectivity index (χ3n) is 3.37. The molecule has 0 bridgehead atoms. The monoisotopic (exact) mass is 282 g/mol. The van der Waals surface area contributed by atoms with Crippen molar-refractivity contribution >= 4 is 23.1 Å². The molecule has 1 amide bonds. The summed E-state index contributed by atoms with van der Waals surface area (Å²) in [6, 6.07) is 0. The number of carbonyl (C=O) groups is 1. The van der Waals surface area contributed by atoms with E-state index >= 15 is 0 Å². The first-order chi connectivity index (χ1) is 8.79. The molecule has 0 spiro atoms. The molecule has 1 heterocycles. The average Bonchev–Trinajstić information content (AvgIpc) is 2.59. The second kappa shape index (κ2) is 6.14. The maximum absolute atomic E-state index is 12.6. The van der Waals surface area contributed by atoms with E-state index in [0.29, 0.717) is 23.6 Å². The fourth-order valence-electron chi connectivity index (χ4n) is 2.02. The molecule has 2 N–H and O–H groups in total. The van der Waals surface area contributed by atoms with Gasteiger partial charge in [0.05, 0.1) is 16.2 Å². The van der Waals surface area contributed by atoms with E-state index in [1.165, 1.54) is 0 Å². The molecule has 0 aliphatic rings. The van der Waals surface area contributed by atoms with Crippen LogP contribution in [0.25, 0.3) is 0 Å². The molecule has 1 aromatic rings. The molecule has 0 radical (unpaired) electrons. The van der Waals surface area contributed by atoms with Crippen LogP contribution in [0.3, 0.4) is 0 Å². The van der Waals surface area contributed by atoms with E-state index in [0.717, 1.165) is 11.4 Å². The van der Waals surface area contributed by atoms with Crippen LogP contribution in [0.15, 0.2) is 0 Å². The standard InChI is InChI=1S/C13H22N4OS/c1-6-17(7-8(2)12(14)19)13(18)11-9(3)15-16(5)10(11)4/h8H,6-7H2,1-5H3,(H2,14,19). The van der Waals surface area contributed by atoms with Crippen molar-refractivity contribution in [1.29, 1.82) is 0 Å². The van der Waals surface area contributed by atoms with Crippen molar-refractivity contribution in [1.82, 2.24) is 14.7 Å². The van der Waals surface area contributed by atoms with E-state index in [4.69, 9.17) is 18.0 Å². The van der Waals surface area contributed by atoms with E-state index < -0.39 is 0 Å². The van der Waals surface area contributed by atoms with E-state index in [1.54, 1.807) is 9.58 Å². The van der Waals surface area contributed by atoms with Gasteiger partial charge in [0.15, 0.2) is 0 Å². The van der Waals surface area contributed by atoms with Crippen LogP contribution in [-0.4, -0.2) is 38.7 Å². The molecule has 5 nitrogen and oxygen atoms in total. The lowest BCUT2D eigenvalue weighted by molar-refractivity contribution is 0.0753. The van der Waals surface area contributed by atoms with Crippen molar-refractivity contribution in [2.24, 2.45) is 18.7 Å². The first kappa shape index (κ1) is 15.6. The Balaban J connectivity index is 2.99. The third kappa shape index (κ3) is 3.32. The number of aromatic nitrogens is 2. The summed E-state index contributed by atoms with van der Waals surface area (Å²) in [6.45, 7) is 8.80. The van der Waals surface area contributed by atoms with Crippen molar-refractivity contribution in [3.05, 3.63) is 17.0 Å². The Hall–Kier alpha value is -1.43. The Morgan fingerprint density at radius 1 is 1.53 bits per heavy atom. The molecule has 1 atom stereocenters. The molecule has 19 heavy (non-hydrogen) atoms. The minimum absolute atomic E-state index is 0.00583. The van der Waals surface area contributed by atoms with Crippen LogP contribution >= 0.6 is 12.2 Å². The molecule has 0 aromatic carbocycles. The Kier molecular flexibility index (Phi) is 5.05. The van der Waals surface area contributed by atoms with Gasteiger partial charge in [-0.25, -0.2) is 0 Å². The Morgan fingerprint density at radius 2 is 2.11 bits per heavy atom. The first-order valence-corrected chi connectivity index (χ1v) is 6.79. The van der Waals surface area contributed by atoms with Gasteiger partial charge >= 0.3 is 0 Å². The molecule has 1 rings (SSSR count). The van der Waals surface area contributed by atoms with Gasteiger partial charge in [0, 0.05) is 31.7 Å². The molecular weight excluding hydrogens is 260 g/mol. The zero-order valence-corrected chi connectivity index (χ0v) is 13.0. The van der Waals surface area contributed by atoms with Gasteiger partial charge in [0.25, 0.3) is 5.91 Å². The summed E-state index contributed by atoms with van der Waals surface area (Å²) in [4.78, 5) is 14.8. The van der Waals surface area contributed by atoms with Crippen LogP contribution in [0.2, 0.25) is 0 Å². The molecular formula is C13H22N4OS. The first-order valence-electron chi connectivity index (χ1n) is 6.38. The largest absolute Gasteiger partial charge is 0.393 e. The number of hydrogen-bond donors (Lipinski definition) is 1. The number of rotatable bonds is 5. The smallest absolute Gasteiger partial charge is 0.257 e. The lowest BCUT2D eigenvalue weighted by Crippen LogP contribution is -2.38. The third-order valence-corrected chi connectivity index (χ3v) is 3.77. The Bertz CT molecular complexity index is 495. The summed E-state index contributed by atoms with van der Waals surface area (Å²) in [5.74, 6) is 0.00452. The van der Waals surface area contributed by atoms with Crippen LogP contribution in [0, 0.1) is 19.8 Å². The minimum atomic E-state index is -0.00583. The van der Waals surface area contributed by atoms with Gasteiger partial charge in [0.2, 0.25) is 0 Å². The van der Waals surface area contributed by atoms with Crippen LogP contribution in [0.4, 0.5) is 0 Å². The topological polar surface area (TPSA) is 64.2 Å². The Morgan fingerprint density at radius 3 is 2.47 bits per heavy atom. The molecule has 106 valence electrons. The van der Waals surface area contributed by atoms with Crippen LogP contribution in [0.1, 0.15) is 35.6 Å². The normalized spacial score (nSPS) is 12.3. The summed E-state index contributed by atoms with van der Waals surface area (Å²) >= 11 is 4.97. The number of nitrogens with two attached hydrogens (primary N) is 1. The number of nitrogens with zero attached hydrogens (tertiary/aromatic N) is 3. The molecule has 0 aliphatic heterocycles. The van der Waals surface area contributed by atoms with Gasteiger partial charge in [0.1, 0.15) is 0 Å². The minimum Gasteiger partial charge on any atom is -0.393 e. The predicted molar refractivity (Wildman–Crippen MR) is 80.2 cm³/mol. The average molecular weight is 282 g/mol. The van der Waals surface area contributed by atoms with Gasteiger partial charge < -0.3 is 10.6 Å². The lowest BCUT2D eigenvalue weighted by atomic mass is 10.1. The summed E-state index contributed by atoms with van der Waals surface area (Å²) in [5.41, 5.74) is 7.93. The van der Waals surface area contributed by atoms with E-state index in [2.05, 4.69) is 5.10 Å². The number of aryl methyl sites for hydroxylation is 2. The van der Waals surface area contributed by atoms with Crippen LogP contribution in [0.5, 0.6) is 0 Å². The summed E-state index contributed by atoms with van der Waals surface area (Å²) in [5, 5.41) is 4.28. The van der Waals surface area contributed by atoms with Gasteiger partial charge in [-0.2, -0.15) is 5.10 Å². The second-order valence-electron chi connectivity index (χ2n) is 4.82. The SMILES string of the molecule is CCN(CC(C)C(N)=S)C(=O)c1c(C)nn(C)c1C. The summed E-state index contributed by atoms with van der Waals surface area (Å²) in [6.07, 6.45) is 0. The molecule has 0 fully saturated rings. The number of carbonyl (C=O) groups excluding carboxylic acids is 1. The van der Waals surface area contributed by atoms with Gasteiger partial charge in [-0.05, 0) is 20.8 Å². The van der Waals surface area contributed by atoms with Crippen molar-refractivity contribution in [3.8, 4) is 0 Å². The number of hydrogen-bond acceptors (Lipinski definition) is 3. The van der Waals surface area contributed by atoms with Crippen molar-refractivity contribution < 1.29 is 4.79 Å². The van der Waals surface area contributed by atoms with Gasteiger partial charge in [-0.15, -0.1) is 0 Å². The highest BCUT2D eigenvalue weighted by Gasteiger charge is 2.23. The van der Waals surface area contributed by atoms with E-state index in [9.17, 15) is 4.79 Å². The van der Waals surface area contributed by atoms with Crippen molar-refractivity contribution in [2.75, 3.05) is 13.1 Å². The summed E-state index contributed by atoms with van der Waals surface area (Å²) in [7, 11) is 1.84. The second-order valence-corrected chi connectivity index (χ2v) is 5.29. The predicted octanol–water partition coefficient (Wildman–Crippen LogP) is 1.42. The molecule has 0 saturated heterocycles. The quantitative estimate of drug-likeness (QED) is 0.830. The fourth-order valence-corrected chi connectivity index (χ4v) is 2.09. The van der Waals surface area contributed by atoms with Crippen LogP contribution < -0.4 is 5.73 Å². The Labute approximate surface area is 119 Å². The number of thiocarbonyl (C=S) groups is 1. The van der Waals surface area contributed by atoms with Crippen molar-refractivity contribution in [2.45, 2.75) is 27.7 Å². The zero-order valence-electron chi connectivity index (χ0n) is 12.2. The summed E-state index contributed by atoms with van der Waals surface area (Å²) < 4.78 is 1.73. The molecule has 6 heteroatoms. The van der Waals surface area contributed by atoms with E-state index in [-0.39, 0.29) is 11.8 Å². The lowest BCUT2D eigenvalue weighted by Gasteiger charge is -2.24. The number of amides is 1. The highest BCUT2D eigenvalue weighted by atomic mass is 32.1.